The Labute approximate surface area is 86.3 Å². The maximum Gasteiger partial charge on any atom is 0.334 e. The van der Waals surface area contributed by atoms with Crippen molar-refractivity contribution in [3.05, 3.63) is 24.3 Å². The van der Waals surface area contributed by atoms with Crippen LogP contribution >= 0.6 is 0 Å². The van der Waals surface area contributed by atoms with Gasteiger partial charge in [-0.1, -0.05) is 0 Å². The predicted molar refractivity (Wildman–Crippen MR) is 53.9 cm³/mol. The summed E-state index contributed by atoms with van der Waals surface area (Å²) in [6.07, 6.45) is 6.21. The quantitative estimate of drug-likeness (QED) is 0.553. The molecule has 0 fully saturated rings. The van der Waals surface area contributed by atoms with Gasteiger partial charge in [-0.2, -0.15) is 5.10 Å². The molecule has 0 radical (unpaired) electrons. The maximum absolute atomic E-state index is 11.2. The number of imidazole rings is 1. The number of rotatable bonds is 2. The molecule has 0 atom stereocenters. The Hall–Kier alpha value is -2.11. The summed E-state index contributed by atoms with van der Waals surface area (Å²) in [5.41, 5.74) is 3.51. The molecule has 0 saturated heterocycles. The molecule has 15 heavy (non-hydrogen) atoms. The number of fused-ring (bicyclic) bond motifs is 1. The zero-order valence-electron chi connectivity index (χ0n) is 8.17. The van der Waals surface area contributed by atoms with Crippen LogP contribution < -0.4 is 5.43 Å². The minimum Gasteiger partial charge on any atom is -0.463 e. The van der Waals surface area contributed by atoms with Crippen molar-refractivity contribution in [1.82, 2.24) is 15.0 Å². The van der Waals surface area contributed by atoms with E-state index < -0.39 is 5.97 Å². The van der Waals surface area contributed by atoms with Crippen molar-refractivity contribution in [2.75, 3.05) is 6.61 Å². The number of aromatic nitrogens is 2. The summed E-state index contributed by atoms with van der Waals surface area (Å²) in [7, 11) is 0. The van der Waals surface area contributed by atoms with Gasteiger partial charge in [0, 0.05) is 0 Å². The zero-order chi connectivity index (χ0) is 10.7. The van der Waals surface area contributed by atoms with E-state index in [4.69, 9.17) is 4.74 Å². The van der Waals surface area contributed by atoms with E-state index >= 15 is 0 Å². The summed E-state index contributed by atoms with van der Waals surface area (Å²) in [6, 6.07) is 0. The number of carbonyl (C=O) groups is 1. The summed E-state index contributed by atoms with van der Waals surface area (Å²) in [4.78, 5) is 15.2. The second-order valence-electron chi connectivity index (χ2n) is 2.84. The Kier molecular flexibility index (Phi) is 2.49. The Morgan fingerprint density at radius 3 is 3.40 bits per heavy atom. The molecule has 0 saturated carbocycles. The Morgan fingerprint density at radius 2 is 2.60 bits per heavy atom. The molecular weight excluding hydrogens is 196 g/mol. The molecule has 78 valence electrons. The highest BCUT2D eigenvalue weighted by Gasteiger charge is 2.11. The minimum absolute atomic E-state index is 0.350. The molecule has 1 aromatic heterocycles. The smallest absolute Gasteiger partial charge is 0.334 e. The van der Waals surface area contributed by atoms with Gasteiger partial charge in [-0.25, -0.2) is 9.78 Å². The topological polar surface area (TPSA) is 68.5 Å². The van der Waals surface area contributed by atoms with Crippen molar-refractivity contribution in [1.29, 1.82) is 0 Å². The lowest BCUT2D eigenvalue weighted by Gasteiger charge is -2.13. The van der Waals surface area contributed by atoms with Gasteiger partial charge in [-0.05, 0) is 6.92 Å². The van der Waals surface area contributed by atoms with E-state index in [9.17, 15) is 4.79 Å². The van der Waals surface area contributed by atoms with Crippen LogP contribution in [0.4, 0.5) is 0 Å². The van der Waals surface area contributed by atoms with Crippen molar-refractivity contribution >= 4 is 18.0 Å². The molecule has 0 aromatic carbocycles. The summed E-state index contributed by atoms with van der Waals surface area (Å²) < 4.78 is 6.51. The highest BCUT2D eigenvalue weighted by molar-refractivity contribution is 5.90. The monoisotopic (exact) mass is 206 g/mol. The molecule has 0 amide bonds. The molecular formula is C9H10N4O2. The largest absolute Gasteiger partial charge is 0.463 e. The van der Waals surface area contributed by atoms with E-state index in [-0.39, 0.29) is 0 Å². The van der Waals surface area contributed by atoms with E-state index in [1.165, 1.54) is 6.08 Å². The first-order chi connectivity index (χ1) is 7.31. The van der Waals surface area contributed by atoms with Gasteiger partial charge in [-0.15, -0.1) is 0 Å². The number of hydrazone groups is 1. The van der Waals surface area contributed by atoms with Crippen LogP contribution in [0.2, 0.25) is 0 Å². The molecule has 1 aromatic rings. The SMILES string of the molecule is CCOC(=O)/C=C1/NN=Cc2cncn21. The van der Waals surface area contributed by atoms with Crippen LogP contribution in [-0.2, 0) is 9.53 Å². The molecule has 1 N–H and O–H groups in total. The molecule has 6 nitrogen and oxygen atoms in total. The van der Waals surface area contributed by atoms with Gasteiger partial charge in [0.15, 0.2) is 0 Å². The first kappa shape index (κ1) is 9.45. The summed E-state index contributed by atoms with van der Waals surface area (Å²) in [5.74, 6) is 0.125. The molecule has 2 heterocycles. The third-order valence-electron chi connectivity index (χ3n) is 1.84. The third-order valence-corrected chi connectivity index (χ3v) is 1.84. The number of hydrogen-bond donors (Lipinski definition) is 1. The average molecular weight is 206 g/mol. The van der Waals surface area contributed by atoms with Gasteiger partial charge < -0.3 is 4.74 Å². The molecule has 6 heteroatoms. The van der Waals surface area contributed by atoms with Crippen LogP contribution in [0.15, 0.2) is 23.7 Å². The first-order valence-corrected chi connectivity index (χ1v) is 4.51. The van der Waals surface area contributed by atoms with E-state index in [1.54, 1.807) is 30.2 Å². The number of hydrogen-bond acceptors (Lipinski definition) is 5. The summed E-state index contributed by atoms with van der Waals surface area (Å²) in [5, 5.41) is 3.87. The van der Waals surface area contributed by atoms with E-state index in [2.05, 4.69) is 15.5 Å². The van der Waals surface area contributed by atoms with Crippen LogP contribution in [0.3, 0.4) is 0 Å². The highest BCUT2D eigenvalue weighted by atomic mass is 16.5. The van der Waals surface area contributed by atoms with Crippen LogP contribution in [0, 0.1) is 0 Å². The molecule has 1 aliphatic heterocycles. The van der Waals surface area contributed by atoms with Gasteiger partial charge in [0.2, 0.25) is 0 Å². The summed E-state index contributed by atoms with van der Waals surface area (Å²) in [6.45, 7) is 2.11. The normalized spacial score (nSPS) is 15.9. The third kappa shape index (κ3) is 1.88. The van der Waals surface area contributed by atoms with Crippen LogP contribution in [-0.4, -0.2) is 28.3 Å². The van der Waals surface area contributed by atoms with Gasteiger partial charge in [0.25, 0.3) is 0 Å². The van der Waals surface area contributed by atoms with E-state index in [0.29, 0.717) is 12.4 Å². The van der Waals surface area contributed by atoms with Crippen molar-refractivity contribution in [3.63, 3.8) is 0 Å². The number of esters is 1. The average Bonchev–Trinajstić information content (AvgIpc) is 2.67. The number of ether oxygens (including phenoxy) is 1. The maximum atomic E-state index is 11.2. The van der Waals surface area contributed by atoms with Gasteiger partial charge in [-0.3, -0.25) is 9.99 Å². The molecule has 0 aliphatic carbocycles. The van der Waals surface area contributed by atoms with Gasteiger partial charge in [0.05, 0.1) is 30.8 Å². The number of nitrogens with zero attached hydrogens (tertiary/aromatic N) is 3. The fraction of sp³-hybridized carbons (Fsp3) is 0.222. The Balaban J connectivity index is 2.26. The van der Waals surface area contributed by atoms with Crippen molar-refractivity contribution in [2.24, 2.45) is 5.10 Å². The van der Waals surface area contributed by atoms with Crippen molar-refractivity contribution < 1.29 is 9.53 Å². The highest BCUT2D eigenvalue weighted by Crippen LogP contribution is 2.08. The van der Waals surface area contributed by atoms with Gasteiger partial charge >= 0.3 is 5.97 Å². The second-order valence-corrected chi connectivity index (χ2v) is 2.84. The van der Waals surface area contributed by atoms with Crippen LogP contribution in [0.1, 0.15) is 12.6 Å². The molecule has 0 spiro atoms. The lowest BCUT2D eigenvalue weighted by Crippen LogP contribution is -2.19. The van der Waals surface area contributed by atoms with Crippen molar-refractivity contribution in [3.8, 4) is 0 Å². The Bertz CT molecular complexity index is 433. The molecule has 0 unspecified atom stereocenters. The van der Waals surface area contributed by atoms with Crippen molar-refractivity contribution in [2.45, 2.75) is 6.92 Å². The fourth-order valence-electron chi connectivity index (χ4n) is 1.22. The number of carbonyl (C=O) groups excluding carboxylic acids is 1. The zero-order valence-corrected chi connectivity index (χ0v) is 8.17. The second kappa shape index (κ2) is 3.95. The molecule has 0 bridgehead atoms. The minimum atomic E-state index is -0.406. The molecule has 2 rings (SSSR count). The predicted octanol–water partition coefficient (Wildman–Crippen LogP) is 0.182. The fourth-order valence-corrected chi connectivity index (χ4v) is 1.22. The Morgan fingerprint density at radius 1 is 1.73 bits per heavy atom. The standard InChI is InChI=1S/C9H10N4O2/c1-2-15-9(14)3-8-12-11-5-7-4-10-6-13(7)8/h3-6,12H,2H2,1H3/b8-3-. The first-order valence-electron chi connectivity index (χ1n) is 4.51. The van der Waals surface area contributed by atoms with Crippen LogP contribution in [0.25, 0.3) is 5.82 Å². The summed E-state index contributed by atoms with van der Waals surface area (Å²) >= 11 is 0. The van der Waals surface area contributed by atoms with Gasteiger partial charge in [0.1, 0.15) is 12.1 Å². The molecule has 1 aliphatic rings. The van der Waals surface area contributed by atoms with Crippen LogP contribution in [0.5, 0.6) is 0 Å². The van der Waals surface area contributed by atoms with E-state index in [0.717, 1.165) is 5.69 Å². The van der Waals surface area contributed by atoms with E-state index in [1.807, 2.05) is 0 Å². The lowest BCUT2D eigenvalue weighted by molar-refractivity contribution is -0.137. The number of nitrogens with one attached hydrogen (secondary N) is 1. The lowest BCUT2D eigenvalue weighted by atomic mass is 10.4.